The van der Waals surface area contributed by atoms with Gasteiger partial charge in [-0.15, -0.1) is 0 Å². The lowest BCUT2D eigenvalue weighted by atomic mass is 9.68. The summed E-state index contributed by atoms with van der Waals surface area (Å²) in [5, 5.41) is 0. The molecule has 1 amide bonds. The van der Waals surface area contributed by atoms with Crippen molar-refractivity contribution in [1.82, 2.24) is 9.80 Å². The first kappa shape index (κ1) is 24.0. The van der Waals surface area contributed by atoms with Gasteiger partial charge in [0.15, 0.2) is 0 Å². The van der Waals surface area contributed by atoms with Crippen LogP contribution in [0.4, 0.5) is 4.79 Å². The van der Waals surface area contributed by atoms with E-state index in [-0.39, 0.29) is 47.6 Å². The summed E-state index contributed by atoms with van der Waals surface area (Å²) in [7, 11) is 1.73. The second-order valence-electron chi connectivity index (χ2n) is 10.4. The molecule has 0 aromatic rings. The monoisotopic (exact) mass is 450 g/mol. The minimum absolute atomic E-state index is 0.0602. The molecule has 1 spiro atoms. The molecule has 182 valence electrons. The zero-order valence-electron chi connectivity index (χ0n) is 20.8. The first-order chi connectivity index (χ1) is 15.3. The Hall–Kier alpha value is -1.15. The van der Waals surface area contributed by atoms with E-state index in [9.17, 15) is 4.79 Å². The van der Waals surface area contributed by atoms with Crippen molar-refractivity contribution in [3.8, 4) is 0 Å². The number of hydrogen-bond acceptors (Lipinski definition) is 6. The van der Waals surface area contributed by atoms with Gasteiger partial charge in [0.25, 0.3) is 0 Å². The van der Waals surface area contributed by atoms with Gasteiger partial charge in [0.05, 0.1) is 18.6 Å². The number of amides is 1. The van der Waals surface area contributed by atoms with Crippen LogP contribution in [0.1, 0.15) is 60.3 Å². The lowest BCUT2D eigenvalue weighted by Gasteiger charge is -2.46. The van der Waals surface area contributed by atoms with Crippen molar-refractivity contribution in [2.75, 3.05) is 39.9 Å². The van der Waals surface area contributed by atoms with Gasteiger partial charge in [-0.3, -0.25) is 0 Å². The summed E-state index contributed by atoms with van der Waals surface area (Å²) in [5.41, 5.74) is 0.795. The number of allylic oxidation sites excluding steroid dienone is 1. The van der Waals surface area contributed by atoms with Crippen LogP contribution in [0.15, 0.2) is 11.6 Å². The summed E-state index contributed by atoms with van der Waals surface area (Å²) in [5.74, 6) is 0.0602. The molecule has 1 aliphatic carbocycles. The van der Waals surface area contributed by atoms with E-state index in [0.717, 1.165) is 58.5 Å². The van der Waals surface area contributed by atoms with Gasteiger partial charge in [-0.05, 0) is 59.5 Å². The molecule has 0 N–H and O–H groups in total. The molecule has 7 nitrogen and oxygen atoms in total. The highest BCUT2D eigenvalue weighted by atomic mass is 16.6. The molecule has 32 heavy (non-hydrogen) atoms. The molecule has 1 saturated carbocycles. The average molecular weight is 451 g/mol. The Morgan fingerprint density at radius 1 is 1.25 bits per heavy atom. The van der Waals surface area contributed by atoms with Gasteiger partial charge in [-0.25, -0.2) is 4.79 Å². The van der Waals surface area contributed by atoms with E-state index in [4.69, 9.17) is 18.9 Å². The number of ether oxygens (including phenoxy) is 4. The van der Waals surface area contributed by atoms with Gasteiger partial charge in [0.2, 0.25) is 0 Å². The Labute approximate surface area is 193 Å². The Bertz CT molecular complexity index is 715. The third-order valence-electron chi connectivity index (χ3n) is 8.23. The molecule has 0 aromatic heterocycles. The maximum atomic E-state index is 13.1. The van der Waals surface area contributed by atoms with Crippen molar-refractivity contribution in [2.45, 2.75) is 95.9 Å². The van der Waals surface area contributed by atoms with Crippen molar-refractivity contribution in [3.63, 3.8) is 0 Å². The van der Waals surface area contributed by atoms with Crippen LogP contribution in [-0.2, 0) is 18.9 Å². The molecule has 4 rings (SSSR count). The predicted octanol–water partition coefficient (Wildman–Crippen LogP) is 3.62. The number of likely N-dealkylation sites (tertiary alicyclic amines) is 1. The molecular weight excluding hydrogens is 408 g/mol. The lowest BCUT2D eigenvalue weighted by molar-refractivity contribution is -0.125. The maximum Gasteiger partial charge on any atom is 0.410 e. The van der Waals surface area contributed by atoms with Crippen molar-refractivity contribution >= 4 is 6.09 Å². The van der Waals surface area contributed by atoms with Crippen LogP contribution in [0.3, 0.4) is 0 Å². The summed E-state index contributed by atoms with van der Waals surface area (Å²) < 4.78 is 24.4. The molecule has 7 atom stereocenters. The zero-order chi connectivity index (χ0) is 23.1. The molecule has 7 heteroatoms. The van der Waals surface area contributed by atoms with Crippen molar-refractivity contribution in [2.24, 2.45) is 5.92 Å². The summed E-state index contributed by atoms with van der Waals surface area (Å²) in [6, 6.07) is 0.249. The number of rotatable bonds is 9. The quantitative estimate of drug-likeness (QED) is 0.395. The minimum Gasteiger partial charge on any atom is -0.443 e. The van der Waals surface area contributed by atoms with Gasteiger partial charge in [-0.1, -0.05) is 25.5 Å². The number of epoxide rings is 2. The summed E-state index contributed by atoms with van der Waals surface area (Å²) in [6.45, 7) is 15.2. The predicted molar refractivity (Wildman–Crippen MR) is 123 cm³/mol. The number of nitrogens with zero attached hydrogens (tertiary/aromatic N) is 2. The fraction of sp³-hybridized carbons (Fsp3) is 0.880. The van der Waals surface area contributed by atoms with Crippen molar-refractivity contribution < 1.29 is 23.7 Å². The third-order valence-corrected chi connectivity index (χ3v) is 8.23. The van der Waals surface area contributed by atoms with Crippen LogP contribution in [0.5, 0.6) is 0 Å². The zero-order valence-corrected chi connectivity index (χ0v) is 20.8. The maximum absolute atomic E-state index is 13.1. The molecule has 4 fully saturated rings. The molecule has 3 saturated heterocycles. The SMILES string of the molecule is CCN(CC)C[C@H]1CCN1C(=O)O[C@@H]1CC[C@]2(CO2)[C@@H]([C@@]2(C)O[C@@H]2CC=C(C)C)[C@@H]1OC. The highest BCUT2D eigenvalue weighted by Gasteiger charge is 2.72. The molecule has 3 aliphatic heterocycles. The van der Waals surface area contributed by atoms with Crippen LogP contribution in [0, 0.1) is 5.92 Å². The topological polar surface area (TPSA) is 67.1 Å². The van der Waals surface area contributed by atoms with Crippen LogP contribution in [0.2, 0.25) is 0 Å². The van der Waals surface area contributed by atoms with Crippen LogP contribution < -0.4 is 0 Å². The number of carbonyl (C=O) groups is 1. The van der Waals surface area contributed by atoms with Gasteiger partial charge in [0, 0.05) is 26.2 Å². The largest absolute Gasteiger partial charge is 0.443 e. The highest BCUT2D eigenvalue weighted by molar-refractivity contribution is 5.69. The van der Waals surface area contributed by atoms with E-state index in [2.05, 4.69) is 45.6 Å². The Kier molecular flexibility index (Phi) is 6.93. The van der Waals surface area contributed by atoms with Crippen LogP contribution >= 0.6 is 0 Å². The first-order valence-corrected chi connectivity index (χ1v) is 12.5. The molecule has 0 radical (unpaired) electrons. The number of carbonyl (C=O) groups excluding carboxylic acids is 1. The van der Waals surface area contributed by atoms with Crippen molar-refractivity contribution in [3.05, 3.63) is 11.6 Å². The number of likely N-dealkylation sites (N-methyl/N-ethyl adjacent to an activating group) is 1. The Balaban J connectivity index is 1.42. The number of hydrogen-bond donors (Lipinski definition) is 0. The smallest absolute Gasteiger partial charge is 0.410 e. The molecule has 4 aliphatic rings. The number of methoxy groups -OCH3 is 1. The van der Waals surface area contributed by atoms with Gasteiger partial charge in [-0.2, -0.15) is 0 Å². The lowest BCUT2D eigenvalue weighted by Crippen LogP contribution is -2.59. The second kappa shape index (κ2) is 9.24. The first-order valence-electron chi connectivity index (χ1n) is 12.5. The third kappa shape index (κ3) is 4.46. The molecule has 3 heterocycles. The van der Waals surface area contributed by atoms with E-state index in [1.54, 1.807) is 7.11 Å². The fourth-order valence-corrected chi connectivity index (χ4v) is 5.92. The molecule has 0 aromatic carbocycles. The summed E-state index contributed by atoms with van der Waals surface area (Å²) in [6.07, 6.45) is 5.29. The normalized spacial score (nSPS) is 40.2. The molecule has 0 bridgehead atoms. The van der Waals surface area contributed by atoms with Gasteiger partial charge >= 0.3 is 6.09 Å². The van der Waals surface area contributed by atoms with E-state index in [0.29, 0.717) is 0 Å². The fourth-order valence-electron chi connectivity index (χ4n) is 5.92. The standard InChI is InChI=1S/C25H42N2O5/c1-7-26(8-2)15-18-12-14-27(18)23(28)31-19-11-13-25(16-30-25)22(21(19)29-6)24(5)20(32-24)10-9-17(3)4/h9,18-22H,7-8,10-16H2,1-6H3/t18-,19-,20-,21-,22-,24+,25+/m1/s1. The second-order valence-corrected chi connectivity index (χ2v) is 10.4. The van der Waals surface area contributed by atoms with E-state index >= 15 is 0 Å². The Morgan fingerprint density at radius 2 is 1.97 bits per heavy atom. The van der Waals surface area contributed by atoms with Crippen LogP contribution in [0.25, 0.3) is 0 Å². The Morgan fingerprint density at radius 3 is 2.50 bits per heavy atom. The van der Waals surface area contributed by atoms with Gasteiger partial charge < -0.3 is 28.7 Å². The van der Waals surface area contributed by atoms with Crippen LogP contribution in [-0.4, -0.2) is 91.3 Å². The van der Waals surface area contributed by atoms with E-state index in [1.165, 1.54) is 5.57 Å². The van der Waals surface area contributed by atoms with E-state index in [1.807, 2.05) is 4.90 Å². The highest BCUT2D eigenvalue weighted by Crippen LogP contribution is 2.59. The molecular formula is C25H42N2O5. The van der Waals surface area contributed by atoms with Gasteiger partial charge in [0.1, 0.15) is 23.4 Å². The summed E-state index contributed by atoms with van der Waals surface area (Å²) in [4.78, 5) is 17.3. The molecule has 0 unspecified atom stereocenters. The minimum atomic E-state index is -0.309. The average Bonchev–Trinajstić information content (AvgIpc) is 3.65. The summed E-state index contributed by atoms with van der Waals surface area (Å²) >= 11 is 0. The van der Waals surface area contributed by atoms with Crippen molar-refractivity contribution in [1.29, 1.82) is 0 Å². The van der Waals surface area contributed by atoms with E-state index < -0.39 is 0 Å².